The number of hydrogen-bond acceptors (Lipinski definition) is 3. The second kappa shape index (κ2) is 7.03. The molecule has 1 fully saturated rings. The number of hydrogen-bond donors (Lipinski definition) is 1. The summed E-state index contributed by atoms with van der Waals surface area (Å²) in [5.74, 6) is 0.0868. The first-order valence-electron chi connectivity index (χ1n) is 8.63. The zero-order valence-corrected chi connectivity index (χ0v) is 14.0. The van der Waals surface area contributed by atoms with Crippen LogP contribution >= 0.6 is 0 Å². The van der Waals surface area contributed by atoms with Crippen molar-refractivity contribution in [3.05, 3.63) is 45.1 Å². The fraction of sp³-hybridized carbons (Fsp3) is 0.500. The van der Waals surface area contributed by atoms with E-state index in [1.165, 1.54) is 11.0 Å². The second-order valence-electron chi connectivity index (χ2n) is 6.32. The first-order valence-corrected chi connectivity index (χ1v) is 8.63. The Morgan fingerprint density at radius 1 is 1.25 bits per heavy atom. The third-order valence-electron chi connectivity index (χ3n) is 4.87. The topological polar surface area (TPSA) is 75.2 Å². The maximum absolute atomic E-state index is 12.6. The third-order valence-corrected chi connectivity index (χ3v) is 4.87. The SMILES string of the molecule is CC[C@H]1CCCCN1C(=O)CCn1c(=O)[nH]c(=O)c2ccccc21. The minimum absolute atomic E-state index is 0.0868. The normalized spacial score (nSPS) is 18.0. The van der Waals surface area contributed by atoms with Gasteiger partial charge in [0.25, 0.3) is 5.56 Å². The monoisotopic (exact) mass is 329 g/mol. The Balaban J connectivity index is 1.82. The van der Waals surface area contributed by atoms with Gasteiger partial charge in [0.05, 0.1) is 10.9 Å². The fourth-order valence-electron chi connectivity index (χ4n) is 3.57. The molecule has 1 aromatic carbocycles. The predicted molar refractivity (Wildman–Crippen MR) is 93.1 cm³/mol. The van der Waals surface area contributed by atoms with Crippen LogP contribution in [0.1, 0.15) is 39.0 Å². The van der Waals surface area contributed by atoms with Crippen molar-refractivity contribution in [1.29, 1.82) is 0 Å². The number of amides is 1. The first-order chi connectivity index (χ1) is 11.6. The summed E-state index contributed by atoms with van der Waals surface area (Å²) < 4.78 is 1.49. The van der Waals surface area contributed by atoms with Crippen LogP contribution in [0, 0.1) is 0 Å². The highest BCUT2D eigenvalue weighted by Gasteiger charge is 2.25. The Bertz CT molecular complexity index is 852. The molecule has 128 valence electrons. The fourth-order valence-corrected chi connectivity index (χ4v) is 3.57. The number of H-pyrrole nitrogens is 1. The third kappa shape index (κ3) is 3.13. The lowest BCUT2D eigenvalue weighted by Gasteiger charge is -2.35. The van der Waals surface area contributed by atoms with Gasteiger partial charge in [-0.2, -0.15) is 0 Å². The Hall–Kier alpha value is -2.37. The highest BCUT2D eigenvalue weighted by atomic mass is 16.2. The summed E-state index contributed by atoms with van der Waals surface area (Å²) in [5, 5.41) is 0.467. The Kier molecular flexibility index (Phi) is 4.83. The predicted octanol–water partition coefficient (Wildman–Crippen LogP) is 1.87. The molecule has 24 heavy (non-hydrogen) atoms. The molecule has 6 nitrogen and oxygen atoms in total. The van der Waals surface area contributed by atoms with E-state index in [4.69, 9.17) is 0 Å². The van der Waals surface area contributed by atoms with Crippen molar-refractivity contribution in [2.24, 2.45) is 0 Å². The van der Waals surface area contributed by atoms with Gasteiger partial charge in [-0.05, 0) is 37.8 Å². The van der Waals surface area contributed by atoms with Gasteiger partial charge < -0.3 is 4.90 Å². The molecule has 3 rings (SSSR count). The number of fused-ring (bicyclic) bond motifs is 1. The first kappa shape index (κ1) is 16.5. The lowest BCUT2D eigenvalue weighted by atomic mass is 9.99. The van der Waals surface area contributed by atoms with Crippen LogP contribution in [0.2, 0.25) is 0 Å². The van der Waals surface area contributed by atoms with Gasteiger partial charge in [0, 0.05) is 25.6 Å². The van der Waals surface area contributed by atoms with E-state index in [0.29, 0.717) is 16.9 Å². The van der Waals surface area contributed by atoms with Crippen LogP contribution in [-0.4, -0.2) is 32.9 Å². The van der Waals surface area contributed by atoms with Crippen LogP contribution in [0.25, 0.3) is 10.9 Å². The van der Waals surface area contributed by atoms with E-state index in [-0.39, 0.29) is 24.4 Å². The van der Waals surface area contributed by atoms with Gasteiger partial charge in [0.1, 0.15) is 0 Å². The molecule has 2 heterocycles. The van der Waals surface area contributed by atoms with Crippen molar-refractivity contribution in [3.8, 4) is 0 Å². The lowest BCUT2D eigenvalue weighted by molar-refractivity contribution is -0.135. The zero-order chi connectivity index (χ0) is 17.1. The molecule has 0 spiro atoms. The van der Waals surface area contributed by atoms with E-state index >= 15 is 0 Å². The number of aromatic nitrogens is 2. The molecule has 0 unspecified atom stereocenters. The molecule has 2 aromatic rings. The van der Waals surface area contributed by atoms with E-state index in [1.54, 1.807) is 24.3 Å². The summed E-state index contributed by atoms with van der Waals surface area (Å²) in [6.07, 6.45) is 4.51. The van der Waals surface area contributed by atoms with Gasteiger partial charge >= 0.3 is 5.69 Å². The highest BCUT2D eigenvalue weighted by Crippen LogP contribution is 2.20. The van der Waals surface area contributed by atoms with Crippen molar-refractivity contribution >= 4 is 16.8 Å². The Morgan fingerprint density at radius 3 is 2.83 bits per heavy atom. The number of para-hydroxylation sites is 1. The Morgan fingerprint density at radius 2 is 2.04 bits per heavy atom. The molecule has 0 saturated carbocycles. The molecular formula is C18H23N3O3. The molecule has 6 heteroatoms. The largest absolute Gasteiger partial charge is 0.340 e. The van der Waals surface area contributed by atoms with E-state index in [1.807, 2.05) is 4.90 Å². The molecule has 1 N–H and O–H groups in total. The van der Waals surface area contributed by atoms with Crippen LogP contribution in [0.15, 0.2) is 33.9 Å². The summed E-state index contributed by atoms with van der Waals surface area (Å²) >= 11 is 0. The van der Waals surface area contributed by atoms with Crippen molar-refractivity contribution in [1.82, 2.24) is 14.5 Å². The Labute approximate surface area is 140 Å². The maximum Gasteiger partial charge on any atom is 0.328 e. The number of carbonyl (C=O) groups excluding carboxylic acids is 1. The summed E-state index contributed by atoms with van der Waals surface area (Å²) in [6.45, 7) is 3.19. The number of carbonyl (C=O) groups is 1. The number of piperidine rings is 1. The average molecular weight is 329 g/mol. The number of aryl methyl sites for hydroxylation is 1. The molecular weight excluding hydrogens is 306 g/mol. The number of rotatable bonds is 4. The maximum atomic E-state index is 12.6. The number of aromatic amines is 1. The standard InChI is InChI=1S/C18H23N3O3/c1-2-13-7-5-6-11-20(13)16(22)10-12-21-15-9-4-3-8-14(15)17(23)19-18(21)24/h3-4,8-9,13H,2,5-7,10-12H2,1H3,(H,19,23,24)/t13-/m0/s1. The molecule has 0 radical (unpaired) electrons. The van der Waals surface area contributed by atoms with Crippen LogP contribution in [0.5, 0.6) is 0 Å². The van der Waals surface area contributed by atoms with Gasteiger partial charge in [-0.15, -0.1) is 0 Å². The van der Waals surface area contributed by atoms with Crippen molar-refractivity contribution < 1.29 is 4.79 Å². The quantitative estimate of drug-likeness (QED) is 0.930. The van der Waals surface area contributed by atoms with Crippen molar-refractivity contribution in [3.63, 3.8) is 0 Å². The van der Waals surface area contributed by atoms with E-state index in [2.05, 4.69) is 11.9 Å². The molecule has 1 saturated heterocycles. The smallest absolute Gasteiger partial charge is 0.328 e. The minimum Gasteiger partial charge on any atom is -0.340 e. The molecule has 1 amide bonds. The molecule has 1 aliphatic rings. The molecule has 0 aliphatic carbocycles. The van der Waals surface area contributed by atoms with Gasteiger partial charge in [0.2, 0.25) is 5.91 Å². The van der Waals surface area contributed by atoms with Gasteiger partial charge in [-0.3, -0.25) is 19.1 Å². The van der Waals surface area contributed by atoms with Gasteiger partial charge in [0.15, 0.2) is 0 Å². The van der Waals surface area contributed by atoms with Crippen LogP contribution < -0.4 is 11.2 Å². The number of likely N-dealkylation sites (tertiary alicyclic amines) is 1. The van der Waals surface area contributed by atoms with Crippen LogP contribution in [0.3, 0.4) is 0 Å². The molecule has 1 atom stereocenters. The molecule has 1 aliphatic heterocycles. The minimum atomic E-state index is -0.461. The molecule has 1 aromatic heterocycles. The molecule has 0 bridgehead atoms. The summed E-state index contributed by atoms with van der Waals surface area (Å²) in [4.78, 5) is 40.9. The van der Waals surface area contributed by atoms with E-state index in [9.17, 15) is 14.4 Å². The second-order valence-corrected chi connectivity index (χ2v) is 6.32. The van der Waals surface area contributed by atoms with Gasteiger partial charge in [-0.1, -0.05) is 19.1 Å². The summed E-state index contributed by atoms with van der Waals surface area (Å²) in [7, 11) is 0. The zero-order valence-electron chi connectivity index (χ0n) is 14.0. The summed E-state index contributed by atoms with van der Waals surface area (Å²) in [6, 6.07) is 7.29. The number of nitrogens with zero attached hydrogens (tertiary/aromatic N) is 2. The van der Waals surface area contributed by atoms with Crippen molar-refractivity contribution in [2.45, 2.75) is 51.6 Å². The lowest BCUT2D eigenvalue weighted by Crippen LogP contribution is -2.44. The van der Waals surface area contributed by atoms with E-state index < -0.39 is 5.69 Å². The highest BCUT2D eigenvalue weighted by molar-refractivity contribution is 5.79. The van der Waals surface area contributed by atoms with Gasteiger partial charge in [-0.25, -0.2) is 4.79 Å². The van der Waals surface area contributed by atoms with Crippen LogP contribution in [-0.2, 0) is 11.3 Å². The van der Waals surface area contributed by atoms with E-state index in [0.717, 1.165) is 25.8 Å². The number of nitrogens with one attached hydrogen (secondary N) is 1. The average Bonchev–Trinajstić information content (AvgIpc) is 2.61. The summed E-state index contributed by atoms with van der Waals surface area (Å²) in [5.41, 5.74) is -0.276. The van der Waals surface area contributed by atoms with Crippen LogP contribution in [0.4, 0.5) is 0 Å². The van der Waals surface area contributed by atoms with Crippen molar-refractivity contribution in [2.75, 3.05) is 6.54 Å². The number of benzene rings is 1.